The zero-order chi connectivity index (χ0) is 20.5. The molecule has 6 nitrogen and oxygen atoms in total. The van der Waals surface area contributed by atoms with Crippen LogP contribution in [0.4, 0.5) is 0 Å². The lowest BCUT2D eigenvalue weighted by molar-refractivity contribution is -0.152. The first-order valence-corrected chi connectivity index (χ1v) is 10.3. The summed E-state index contributed by atoms with van der Waals surface area (Å²) < 4.78 is 0. The van der Waals surface area contributed by atoms with E-state index in [9.17, 15) is 19.8 Å². The predicted molar refractivity (Wildman–Crippen MR) is 111 cm³/mol. The fourth-order valence-electron chi connectivity index (χ4n) is 2.98. The standard InChI is InChI=1S/C21H28N2O4S/c1-3-5-8-15(4-2)11-16-12-17(28-14-16)13-22-20(26)18(24)19(25)21(27)23-9-6-7-10-23/h3-5,8,12,14,18-19,24-25H,1,6-7,9-11,13H2,2H3,(H,22,26)/b8-5-,15-4+. The molecular weight excluding hydrogens is 376 g/mol. The first kappa shape index (κ1) is 22.1. The van der Waals surface area contributed by atoms with Crippen LogP contribution in [-0.4, -0.2) is 52.2 Å². The van der Waals surface area contributed by atoms with Gasteiger partial charge in [0.2, 0.25) is 0 Å². The van der Waals surface area contributed by atoms with Crippen LogP contribution >= 0.6 is 11.3 Å². The van der Waals surface area contributed by atoms with Crippen LogP contribution in [0.15, 0.2) is 47.9 Å². The molecule has 0 aromatic carbocycles. The smallest absolute Gasteiger partial charge is 0.254 e. The number of rotatable bonds is 9. The molecule has 1 aliphatic heterocycles. The number of thiophene rings is 1. The monoisotopic (exact) mass is 404 g/mol. The molecule has 1 fully saturated rings. The van der Waals surface area contributed by atoms with Crippen molar-refractivity contribution in [3.05, 3.63) is 58.3 Å². The molecule has 152 valence electrons. The zero-order valence-electron chi connectivity index (χ0n) is 16.1. The van der Waals surface area contributed by atoms with Gasteiger partial charge in [-0.25, -0.2) is 0 Å². The summed E-state index contributed by atoms with van der Waals surface area (Å²) in [5.41, 5.74) is 2.29. The Morgan fingerprint density at radius 3 is 2.68 bits per heavy atom. The molecule has 28 heavy (non-hydrogen) atoms. The van der Waals surface area contributed by atoms with Gasteiger partial charge in [0, 0.05) is 18.0 Å². The Hall–Kier alpha value is -2.22. The van der Waals surface area contributed by atoms with Crippen molar-refractivity contribution in [3.63, 3.8) is 0 Å². The Balaban J connectivity index is 1.85. The number of nitrogens with one attached hydrogen (secondary N) is 1. The van der Waals surface area contributed by atoms with Crippen LogP contribution in [-0.2, 0) is 22.6 Å². The minimum atomic E-state index is -1.77. The van der Waals surface area contributed by atoms with Crippen LogP contribution in [0.2, 0.25) is 0 Å². The molecule has 0 spiro atoms. The van der Waals surface area contributed by atoms with Crippen molar-refractivity contribution in [2.45, 2.75) is 44.9 Å². The maximum Gasteiger partial charge on any atom is 0.254 e. The lowest BCUT2D eigenvalue weighted by Crippen LogP contribution is -2.50. The van der Waals surface area contributed by atoms with Gasteiger partial charge in [0.25, 0.3) is 11.8 Å². The minimum Gasteiger partial charge on any atom is -0.380 e. The maximum atomic E-state index is 12.1. The lowest BCUT2D eigenvalue weighted by Gasteiger charge is -2.22. The highest BCUT2D eigenvalue weighted by Gasteiger charge is 2.34. The SMILES string of the molecule is C=C/C=C\C(=C/C)Cc1csc(CNC(=O)C(O)C(O)C(=O)N2CCCC2)c1. The molecule has 2 amide bonds. The Morgan fingerprint density at radius 2 is 2.04 bits per heavy atom. The third kappa shape index (κ3) is 6.15. The Bertz CT molecular complexity index is 747. The highest BCUT2D eigenvalue weighted by atomic mass is 32.1. The number of hydrogen-bond acceptors (Lipinski definition) is 5. The molecule has 2 atom stereocenters. The number of hydrogen-bond donors (Lipinski definition) is 3. The van der Waals surface area contributed by atoms with Crippen LogP contribution < -0.4 is 5.32 Å². The second-order valence-corrected chi connectivity index (χ2v) is 7.69. The summed E-state index contributed by atoms with van der Waals surface area (Å²) in [6.45, 7) is 6.99. The molecule has 0 aliphatic carbocycles. The van der Waals surface area contributed by atoms with E-state index < -0.39 is 24.0 Å². The van der Waals surface area contributed by atoms with Gasteiger partial charge in [-0.3, -0.25) is 9.59 Å². The van der Waals surface area contributed by atoms with E-state index in [2.05, 4.69) is 11.9 Å². The van der Waals surface area contributed by atoms with Crippen LogP contribution in [0, 0.1) is 0 Å². The Kier molecular flexibility index (Phi) is 8.63. The molecular formula is C21H28N2O4S. The van der Waals surface area contributed by atoms with E-state index >= 15 is 0 Å². The van der Waals surface area contributed by atoms with E-state index in [1.54, 1.807) is 6.08 Å². The molecule has 1 aromatic heterocycles. The van der Waals surface area contributed by atoms with Crippen molar-refractivity contribution in [2.75, 3.05) is 13.1 Å². The number of allylic oxidation sites excluding steroid dienone is 5. The van der Waals surface area contributed by atoms with Gasteiger partial charge < -0.3 is 20.4 Å². The van der Waals surface area contributed by atoms with E-state index in [0.717, 1.165) is 35.3 Å². The van der Waals surface area contributed by atoms with Crippen molar-refractivity contribution in [1.82, 2.24) is 10.2 Å². The largest absolute Gasteiger partial charge is 0.380 e. The molecule has 0 bridgehead atoms. The first-order valence-electron chi connectivity index (χ1n) is 9.39. The predicted octanol–water partition coefficient (Wildman–Crippen LogP) is 1.94. The molecule has 3 N–H and O–H groups in total. The molecule has 1 saturated heterocycles. The van der Waals surface area contributed by atoms with E-state index in [4.69, 9.17) is 0 Å². The normalized spacial score (nSPS) is 17.0. The number of carbonyl (C=O) groups is 2. The summed E-state index contributed by atoms with van der Waals surface area (Å²) in [5, 5.41) is 24.6. The number of aliphatic hydroxyl groups is 2. The molecule has 1 aliphatic rings. The van der Waals surface area contributed by atoms with E-state index in [1.165, 1.54) is 16.2 Å². The van der Waals surface area contributed by atoms with Crippen molar-refractivity contribution >= 4 is 23.2 Å². The molecule has 1 aromatic rings. The third-order valence-corrected chi connectivity index (χ3v) is 5.59. The van der Waals surface area contributed by atoms with E-state index in [-0.39, 0.29) is 6.54 Å². The van der Waals surface area contributed by atoms with Gasteiger partial charge in [0.1, 0.15) is 0 Å². The highest BCUT2D eigenvalue weighted by molar-refractivity contribution is 7.10. The molecule has 2 heterocycles. The van der Waals surface area contributed by atoms with Crippen LogP contribution in [0.25, 0.3) is 0 Å². The molecule has 2 rings (SSSR count). The maximum absolute atomic E-state index is 12.1. The number of carbonyl (C=O) groups excluding carboxylic acids is 2. The summed E-state index contributed by atoms with van der Waals surface area (Å²) in [4.78, 5) is 26.6. The number of nitrogens with zero attached hydrogens (tertiary/aromatic N) is 1. The molecule has 0 radical (unpaired) electrons. The van der Waals surface area contributed by atoms with E-state index in [0.29, 0.717) is 13.1 Å². The van der Waals surface area contributed by atoms with Gasteiger partial charge >= 0.3 is 0 Å². The van der Waals surface area contributed by atoms with Crippen LogP contribution in [0.5, 0.6) is 0 Å². The lowest BCUT2D eigenvalue weighted by atomic mass is 10.1. The first-order chi connectivity index (χ1) is 13.5. The zero-order valence-corrected chi connectivity index (χ0v) is 17.0. The van der Waals surface area contributed by atoms with Gasteiger partial charge in [-0.1, -0.05) is 30.9 Å². The van der Waals surface area contributed by atoms with Crippen LogP contribution in [0.1, 0.15) is 30.2 Å². The van der Waals surface area contributed by atoms with Gasteiger partial charge in [0.15, 0.2) is 12.2 Å². The topological polar surface area (TPSA) is 89.9 Å². The van der Waals surface area contributed by atoms with Crippen molar-refractivity contribution < 1.29 is 19.8 Å². The summed E-state index contributed by atoms with van der Waals surface area (Å²) >= 11 is 1.51. The van der Waals surface area contributed by atoms with Crippen molar-refractivity contribution in [2.24, 2.45) is 0 Å². The number of aliphatic hydroxyl groups excluding tert-OH is 2. The quantitative estimate of drug-likeness (QED) is 0.549. The molecule has 2 unspecified atom stereocenters. The van der Waals surface area contributed by atoms with Gasteiger partial charge in [0.05, 0.1) is 6.54 Å². The van der Waals surface area contributed by atoms with Gasteiger partial charge in [-0.05, 0) is 48.8 Å². The summed E-state index contributed by atoms with van der Waals surface area (Å²) in [6.07, 6.45) is 6.68. The molecule has 0 saturated carbocycles. The summed E-state index contributed by atoms with van der Waals surface area (Å²) in [7, 11) is 0. The minimum absolute atomic E-state index is 0.235. The van der Waals surface area contributed by atoms with Crippen molar-refractivity contribution in [3.8, 4) is 0 Å². The Morgan fingerprint density at radius 1 is 1.32 bits per heavy atom. The fraction of sp³-hybridized carbons (Fsp3) is 0.429. The second kappa shape index (κ2) is 10.9. The average Bonchev–Trinajstić information content (AvgIpc) is 3.39. The van der Waals surface area contributed by atoms with Crippen LogP contribution in [0.3, 0.4) is 0 Å². The fourth-order valence-corrected chi connectivity index (χ4v) is 3.81. The number of likely N-dealkylation sites (tertiary alicyclic amines) is 1. The average molecular weight is 405 g/mol. The number of amides is 2. The van der Waals surface area contributed by atoms with Gasteiger partial charge in [-0.2, -0.15) is 0 Å². The highest BCUT2D eigenvalue weighted by Crippen LogP contribution is 2.18. The summed E-state index contributed by atoms with van der Waals surface area (Å²) in [5.74, 6) is -1.34. The summed E-state index contributed by atoms with van der Waals surface area (Å²) in [6, 6.07) is 1.99. The van der Waals surface area contributed by atoms with E-state index in [1.807, 2.05) is 36.6 Å². The van der Waals surface area contributed by atoms with Gasteiger partial charge in [-0.15, -0.1) is 11.3 Å². The Labute approximate surface area is 169 Å². The molecule has 7 heteroatoms. The third-order valence-electron chi connectivity index (χ3n) is 4.61. The second-order valence-electron chi connectivity index (χ2n) is 6.70. The van der Waals surface area contributed by atoms with Crippen molar-refractivity contribution in [1.29, 1.82) is 0 Å².